The highest BCUT2D eigenvalue weighted by Crippen LogP contribution is 2.31. The molecule has 0 amide bonds. The van der Waals surface area contributed by atoms with Gasteiger partial charge in [0.1, 0.15) is 17.4 Å². The molecule has 0 aliphatic rings. The van der Waals surface area contributed by atoms with E-state index in [1.807, 2.05) is 85.1 Å². The van der Waals surface area contributed by atoms with Crippen LogP contribution in [-0.4, -0.2) is 20.6 Å². The topological polar surface area (TPSA) is 64.3 Å². The molecule has 0 bridgehead atoms. The summed E-state index contributed by atoms with van der Waals surface area (Å²) < 4.78 is 8.21. The zero-order chi connectivity index (χ0) is 24.4. The third kappa shape index (κ3) is 5.09. The number of hydrogen-bond acceptors (Lipinski definition) is 4. The van der Waals surface area contributed by atoms with E-state index in [-0.39, 0.29) is 6.42 Å². The molecule has 0 unspecified atom stereocenters. The lowest BCUT2D eigenvalue weighted by Crippen LogP contribution is -2.05. The van der Waals surface area contributed by atoms with Crippen LogP contribution in [0.1, 0.15) is 22.5 Å². The van der Waals surface area contributed by atoms with E-state index in [1.165, 1.54) is 0 Å². The van der Waals surface area contributed by atoms with Crippen molar-refractivity contribution in [2.24, 2.45) is 0 Å². The average molecular weight is 503 g/mol. The van der Waals surface area contributed by atoms with Gasteiger partial charge in [0.15, 0.2) is 0 Å². The van der Waals surface area contributed by atoms with Gasteiger partial charge in [-0.1, -0.05) is 54.1 Å². The minimum Gasteiger partial charge on any atom is -0.487 e. The summed E-state index contributed by atoms with van der Waals surface area (Å²) in [7, 11) is 0. The second-order valence-corrected chi connectivity index (χ2v) is 9.62. The quantitative estimate of drug-likeness (QED) is 0.248. The van der Waals surface area contributed by atoms with Gasteiger partial charge in [0.2, 0.25) is 0 Å². The number of ether oxygens (including phenoxy) is 1. The Labute approximate surface area is 212 Å². The number of hydrogen-bond donors (Lipinski definition) is 1. The van der Waals surface area contributed by atoms with Crippen molar-refractivity contribution in [3.8, 4) is 16.3 Å². The number of nitrogens with zero attached hydrogens (tertiary/aromatic N) is 2. The Morgan fingerprint density at radius 1 is 1.09 bits per heavy atom. The molecule has 3 aromatic carbocycles. The van der Waals surface area contributed by atoms with Crippen molar-refractivity contribution in [1.29, 1.82) is 0 Å². The van der Waals surface area contributed by atoms with Crippen LogP contribution in [0.25, 0.3) is 21.5 Å². The number of fused-ring (bicyclic) bond motifs is 1. The second kappa shape index (κ2) is 9.94. The van der Waals surface area contributed by atoms with Gasteiger partial charge in [-0.15, -0.1) is 11.3 Å². The highest BCUT2D eigenvalue weighted by Gasteiger charge is 2.18. The van der Waals surface area contributed by atoms with Crippen LogP contribution in [0.5, 0.6) is 5.75 Å². The Bertz CT molecular complexity index is 1490. The molecular formula is C28H23ClN2O3S. The van der Waals surface area contributed by atoms with Crippen LogP contribution in [-0.2, 0) is 24.4 Å². The van der Waals surface area contributed by atoms with Gasteiger partial charge in [-0.3, -0.25) is 4.79 Å². The summed E-state index contributed by atoms with van der Waals surface area (Å²) in [5, 5.41) is 14.1. The van der Waals surface area contributed by atoms with E-state index >= 15 is 0 Å². The predicted molar refractivity (Wildman–Crippen MR) is 140 cm³/mol. The van der Waals surface area contributed by atoms with Crippen LogP contribution in [0.3, 0.4) is 0 Å². The molecular weight excluding hydrogens is 480 g/mol. The van der Waals surface area contributed by atoms with Crippen LogP contribution in [0, 0.1) is 6.92 Å². The number of rotatable bonds is 8. The molecule has 2 aromatic heterocycles. The number of benzene rings is 3. The number of carboxylic acids is 1. The maximum Gasteiger partial charge on any atom is 0.307 e. The van der Waals surface area contributed by atoms with Crippen molar-refractivity contribution in [2.75, 3.05) is 0 Å². The fraction of sp³-hybridized carbons (Fsp3) is 0.143. The molecule has 0 fully saturated rings. The van der Waals surface area contributed by atoms with Gasteiger partial charge in [-0.25, -0.2) is 4.98 Å². The Kier molecular flexibility index (Phi) is 6.57. The molecule has 2 heterocycles. The highest BCUT2D eigenvalue weighted by atomic mass is 35.5. The Hall–Kier alpha value is -3.61. The molecule has 5 aromatic rings. The highest BCUT2D eigenvalue weighted by molar-refractivity contribution is 7.13. The first kappa shape index (κ1) is 23.1. The van der Waals surface area contributed by atoms with Gasteiger partial charge in [0.05, 0.1) is 12.1 Å². The molecule has 0 saturated carbocycles. The van der Waals surface area contributed by atoms with Crippen LogP contribution in [0.4, 0.5) is 0 Å². The number of aliphatic carboxylic acids is 1. The minimum absolute atomic E-state index is 0.0497. The van der Waals surface area contributed by atoms with E-state index in [4.69, 9.17) is 16.3 Å². The van der Waals surface area contributed by atoms with E-state index in [1.54, 1.807) is 11.3 Å². The first-order chi connectivity index (χ1) is 17.0. The lowest BCUT2D eigenvalue weighted by molar-refractivity contribution is -0.136. The number of halogens is 1. The van der Waals surface area contributed by atoms with Crippen molar-refractivity contribution < 1.29 is 14.6 Å². The van der Waals surface area contributed by atoms with Crippen molar-refractivity contribution in [2.45, 2.75) is 26.5 Å². The number of carboxylic acid groups (broad SMARTS) is 1. The van der Waals surface area contributed by atoms with Gasteiger partial charge >= 0.3 is 5.97 Å². The Morgan fingerprint density at radius 3 is 2.60 bits per heavy atom. The van der Waals surface area contributed by atoms with Gasteiger partial charge in [0.25, 0.3) is 0 Å². The number of carbonyl (C=O) groups is 1. The van der Waals surface area contributed by atoms with Gasteiger partial charge < -0.3 is 14.4 Å². The van der Waals surface area contributed by atoms with Gasteiger partial charge in [0, 0.05) is 39.1 Å². The second-order valence-electron chi connectivity index (χ2n) is 8.32. The van der Waals surface area contributed by atoms with E-state index in [0.717, 1.165) is 44.0 Å². The molecule has 5 rings (SSSR count). The normalized spacial score (nSPS) is 11.1. The summed E-state index contributed by atoms with van der Waals surface area (Å²) >= 11 is 7.63. The molecule has 0 atom stereocenters. The molecule has 176 valence electrons. The van der Waals surface area contributed by atoms with E-state index in [9.17, 15) is 9.90 Å². The summed E-state index contributed by atoms with van der Waals surface area (Å²) in [6.07, 6.45) is -0.0497. The summed E-state index contributed by atoms with van der Waals surface area (Å²) in [6, 6.07) is 23.6. The third-order valence-corrected chi connectivity index (χ3v) is 7.16. The summed E-state index contributed by atoms with van der Waals surface area (Å²) in [6.45, 7) is 2.93. The smallest absolute Gasteiger partial charge is 0.307 e. The average Bonchev–Trinajstić information content (AvgIpc) is 3.43. The van der Waals surface area contributed by atoms with E-state index in [2.05, 4.69) is 9.55 Å². The summed E-state index contributed by atoms with van der Waals surface area (Å²) in [5.41, 5.74) is 5.74. The first-order valence-electron chi connectivity index (χ1n) is 11.2. The molecule has 0 saturated heterocycles. The molecule has 7 heteroatoms. The molecule has 0 spiro atoms. The maximum atomic E-state index is 11.6. The van der Waals surface area contributed by atoms with Crippen molar-refractivity contribution in [3.63, 3.8) is 0 Å². The summed E-state index contributed by atoms with van der Waals surface area (Å²) in [5.74, 6) is -0.178. The maximum absolute atomic E-state index is 11.6. The lowest BCUT2D eigenvalue weighted by Gasteiger charge is -2.10. The molecule has 0 radical (unpaired) electrons. The Morgan fingerprint density at radius 2 is 1.86 bits per heavy atom. The molecule has 5 nitrogen and oxygen atoms in total. The fourth-order valence-electron chi connectivity index (χ4n) is 4.21. The minimum atomic E-state index is -0.860. The monoisotopic (exact) mass is 502 g/mol. The largest absolute Gasteiger partial charge is 0.487 e. The molecule has 0 aliphatic heterocycles. The number of thiazole rings is 1. The van der Waals surface area contributed by atoms with Gasteiger partial charge in [-0.05, 0) is 48.4 Å². The van der Waals surface area contributed by atoms with E-state index in [0.29, 0.717) is 23.9 Å². The van der Waals surface area contributed by atoms with Crippen molar-refractivity contribution in [1.82, 2.24) is 9.55 Å². The molecule has 0 aliphatic carbocycles. The SMILES string of the molecule is Cc1c(CC(=O)O)c2cc(OCc3csc(-c4ccccc4)n3)ccc2n1Cc1ccc(Cl)cc1. The van der Waals surface area contributed by atoms with Crippen LogP contribution < -0.4 is 4.74 Å². The molecule has 1 N–H and O–H groups in total. The van der Waals surface area contributed by atoms with Crippen molar-refractivity contribution >= 4 is 39.8 Å². The zero-order valence-electron chi connectivity index (χ0n) is 19.1. The third-order valence-electron chi connectivity index (χ3n) is 5.97. The lowest BCUT2D eigenvalue weighted by atomic mass is 10.1. The summed E-state index contributed by atoms with van der Waals surface area (Å²) in [4.78, 5) is 16.3. The molecule has 35 heavy (non-hydrogen) atoms. The van der Waals surface area contributed by atoms with Crippen LogP contribution in [0.15, 0.2) is 78.2 Å². The zero-order valence-corrected chi connectivity index (χ0v) is 20.6. The van der Waals surface area contributed by atoms with Crippen molar-refractivity contribution in [3.05, 3.63) is 106 Å². The van der Waals surface area contributed by atoms with Crippen LogP contribution >= 0.6 is 22.9 Å². The fourth-order valence-corrected chi connectivity index (χ4v) is 5.15. The van der Waals surface area contributed by atoms with E-state index < -0.39 is 5.97 Å². The Balaban J connectivity index is 1.42. The number of aromatic nitrogens is 2. The predicted octanol–water partition coefficient (Wildman–Crippen LogP) is 6.98. The van der Waals surface area contributed by atoms with Gasteiger partial charge in [-0.2, -0.15) is 0 Å². The first-order valence-corrected chi connectivity index (χ1v) is 12.4. The van der Waals surface area contributed by atoms with Crippen LogP contribution in [0.2, 0.25) is 5.02 Å². The standard InChI is InChI=1S/C28H23ClN2O3S/c1-18-24(14-27(32)33)25-13-23(11-12-26(25)31(18)15-19-7-9-21(29)10-8-19)34-16-22-17-35-28(30-22)20-5-3-2-4-6-20/h2-13,17H,14-16H2,1H3,(H,32,33).